The van der Waals surface area contributed by atoms with Crippen LogP contribution in [0, 0.1) is 19.8 Å². The van der Waals surface area contributed by atoms with Crippen molar-refractivity contribution in [2.24, 2.45) is 5.92 Å². The lowest BCUT2D eigenvalue weighted by molar-refractivity contribution is -0.144. The number of carbonyl (C=O) groups excluding carboxylic acids is 1. The van der Waals surface area contributed by atoms with Crippen LogP contribution in [0.5, 0.6) is 0 Å². The molecular formula is C34H51N5O2. The average molecular weight is 562 g/mol. The third-order valence-electron chi connectivity index (χ3n) is 10.6. The van der Waals surface area contributed by atoms with Gasteiger partial charge in [-0.3, -0.25) is 19.7 Å². The van der Waals surface area contributed by atoms with E-state index in [0.717, 1.165) is 76.9 Å². The third kappa shape index (κ3) is 6.14. The zero-order chi connectivity index (χ0) is 28.4. The zero-order valence-electron chi connectivity index (χ0n) is 25.6. The molecule has 1 saturated carbocycles. The van der Waals surface area contributed by atoms with Gasteiger partial charge in [0, 0.05) is 44.0 Å². The van der Waals surface area contributed by atoms with Crippen LogP contribution in [0.25, 0.3) is 0 Å². The smallest absolute Gasteiger partial charge is 0.240 e. The van der Waals surface area contributed by atoms with E-state index in [1.54, 1.807) is 0 Å². The van der Waals surface area contributed by atoms with Gasteiger partial charge in [-0.15, -0.1) is 0 Å². The summed E-state index contributed by atoms with van der Waals surface area (Å²) in [6.45, 7) is 11.3. The molecule has 41 heavy (non-hydrogen) atoms. The molecule has 7 nitrogen and oxygen atoms in total. The molecule has 1 spiro atoms. The number of epoxide rings is 1. The van der Waals surface area contributed by atoms with Gasteiger partial charge in [-0.25, -0.2) is 0 Å². The van der Waals surface area contributed by atoms with Crippen LogP contribution in [0.1, 0.15) is 93.6 Å². The molecule has 2 aromatic rings. The number of amides is 1. The number of unbranched alkanes of at least 4 members (excludes halogenated alkanes) is 1. The number of carbonyl (C=O) groups is 1. The number of aryl methyl sites for hydroxylation is 3. The first-order valence-electron chi connectivity index (χ1n) is 16.5. The minimum Gasteiger partial charge on any atom is -0.351 e. The Morgan fingerprint density at radius 2 is 1.80 bits per heavy atom. The number of benzene rings is 1. The molecule has 3 atom stereocenters. The van der Waals surface area contributed by atoms with Crippen LogP contribution in [0.4, 0.5) is 0 Å². The Bertz CT molecular complexity index is 1170. The molecule has 1 aromatic heterocycles. The number of nitrogens with one attached hydrogen (secondary N) is 1. The highest BCUT2D eigenvalue weighted by Crippen LogP contribution is 2.46. The number of fused-ring (bicyclic) bond motifs is 2. The second-order valence-electron chi connectivity index (χ2n) is 13.3. The molecule has 2 unspecified atom stereocenters. The Morgan fingerprint density at radius 1 is 1.05 bits per heavy atom. The number of likely N-dealkylation sites (tertiary alicyclic amines) is 1. The number of hydrogen-bond acceptors (Lipinski definition) is 5. The van der Waals surface area contributed by atoms with E-state index in [1.807, 2.05) is 0 Å². The van der Waals surface area contributed by atoms with E-state index in [1.165, 1.54) is 48.9 Å². The van der Waals surface area contributed by atoms with Crippen LogP contribution >= 0.6 is 0 Å². The first-order valence-corrected chi connectivity index (χ1v) is 16.5. The average Bonchev–Trinajstić information content (AvgIpc) is 3.74. The van der Waals surface area contributed by atoms with Crippen molar-refractivity contribution in [3.05, 3.63) is 52.8 Å². The molecule has 6 rings (SSSR count). The highest BCUT2D eigenvalue weighted by Gasteiger charge is 2.62. The van der Waals surface area contributed by atoms with Crippen molar-refractivity contribution in [1.82, 2.24) is 24.9 Å². The highest BCUT2D eigenvalue weighted by molar-refractivity contribution is 5.83. The Hall–Kier alpha value is -2.22. The Balaban J connectivity index is 1.12. The first kappa shape index (κ1) is 28.9. The fourth-order valence-corrected chi connectivity index (χ4v) is 7.99. The van der Waals surface area contributed by atoms with Crippen molar-refractivity contribution < 1.29 is 9.53 Å². The van der Waals surface area contributed by atoms with Crippen LogP contribution in [0.3, 0.4) is 0 Å². The van der Waals surface area contributed by atoms with Crippen LogP contribution in [0.2, 0.25) is 0 Å². The van der Waals surface area contributed by atoms with Gasteiger partial charge in [-0.1, -0.05) is 75.8 Å². The van der Waals surface area contributed by atoms with Crippen molar-refractivity contribution in [3.63, 3.8) is 0 Å². The summed E-state index contributed by atoms with van der Waals surface area (Å²) in [5.41, 5.74) is 4.97. The number of hydrogen-bond donors (Lipinski definition) is 1. The molecule has 4 aliphatic rings. The monoisotopic (exact) mass is 561 g/mol. The lowest BCUT2D eigenvalue weighted by Gasteiger charge is -2.48. The summed E-state index contributed by atoms with van der Waals surface area (Å²) < 4.78 is 8.55. The van der Waals surface area contributed by atoms with E-state index < -0.39 is 0 Å². The summed E-state index contributed by atoms with van der Waals surface area (Å²) in [6.07, 6.45) is 12.8. The molecule has 0 bridgehead atoms. The van der Waals surface area contributed by atoms with Crippen molar-refractivity contribution >= 4 is 5.91 Å². The number of ether oxygens (including phenoxy) is 1. The maximum atomic E-state index is 14.2. The minimum absolute atomic E-state index is 0.0399. The molecule has 0 radical (unpaired) electrons. The van der Waals surface area contributed by atoms with Gasteiger partial charge < -0.3 is 9.64 Å². The molecule has 4 fully saturated rings. The molecule has 1 N–H and O–H groups in total. The predicted molar refractivity (Wildman–Crippen MR) is 162 cm³/mol. The minimum atomic E-state index is -0.175. The number of rotatable bonds is 10. The summed E-state index contributed by atoms with van der Waals surface area (Å²) in [5.74, 6) is 1.02. The third-order valence-corrected chi connectivity index (χ3v) is 10.6. The van der Waals surface area contributed by atoms with Crippen molar-refractivity contribution in [1.29, 1.82) is 0 Å². The number of piperidine rings is 1. The quantitative estimate of drug-likeness (QED) is 0.395. The van der Waals surface area contributed by atoms with Crippen LogP contribution in [0.15, 0.2) is 30.3 Å². The Kier molecular flexibility index (Phi) is 8.85. The lowest BCUT2D eigenvalue weighted by atomic mass is 9.81. The van der Waals surface area contributed by atoms with Gasteiger partial charge in [0.15, 0.2) is 0 Å². The molecule has 7 heteroatoms. The molecule has 3 saturated heterocycles. The summed E-state index contributed by atoms with van der Waals surface area (Å²) in [7, 11) is 0. The predicted octanol–water partition coefficient (Wildman–Crippen LogP) is 5.37. The number of aromatic nitrogens is 2. The highest BCUT2D eigenvalue weighted by atomic mass is 16.6. The van der Waals surface area contributed by atoms with Crippen molar-refractivity contribution in [2.45, 2.75) is 128 Å². The van der Waals surface area contributed by atoms with E-state index in [4.69, 9.17) is 9.84 Å². The molecule has 3 aliphatic heterocycles. The van der Waals surface area contributed by atoms with Crippen LogP contribution < -0.4 is 5.32 Å². The normalized spacial score (nSPS) is 26.8. The van der Waals surface area contributed by atoms with E-state index in [-0.39, 0.29) is 23.9 Å². The van der Waals surface area contributed by atoms with E-state index in [2.05, 4.69) is 70.9 Å². The number of nitrogens with zero attached hydrogens (tertiary/aromatic N) is 4. The standard InChI is InChI=1S/C34H51N5O2/c1-4-5-19-38-33(40)30(23-28-14-10-7-11-15-28)35-32-31(41-32)34(38)17-21-37(22-18-34)24-29-25(2)36-39(26(29)3)20-16-27-12-8-6-9-13-27/h6,8-9,12-13,28,30-32,35H,4-5,7,10-11,14-24H2,1-3H3/t30-,31?,32?/m0/s1. The fraction of sp³-hybridized carbons (Fsp3) is 0.706. The first-order chi connectivity index (χ1) is 20.0. The van der Waals surface area contributed by atoms with E-state index >= 15 is 0 Å². The molecule has 1 amide bonds. The van der Waals surface area contributed by atoms with Gasteiger partial charge in [-0.05, 0) is 57.4 Å². The van der Waals surface area contributed by atoms with Crippen molar-refractivity contribution in [3.8, 4) is 0 Å². The van der Waals surface area contributed by atoms with Crippen molar-refractivity contribution in [2.75, 3.05) is 19.6 Å². The van der Waals surface area contributed by atoms with Gasteiger partial charge in [-0.2, -0.15) is 5.10 Å². The van der Waals surface area contributed by atoms with Gasteiger partial charge in [0.25, 0.3) is 0 Å². The SMILES string of the molecule is CCCCN1C(=O)[C@H](CC2CCCCC2)NC2OC2C12CCN(Cc1c(C)nn(CCc3ccccc3)c1C)CC2. The van der Waals surface area contributed by atoms with E-state index in [9.17, 15) is 4.79 Å². The fourth-order valence-electron chi connectivity index (χ4n) is 7.99. The van der Waals surface area contributed by atoms with Gasteiger partial charge >= 0.3 is 0 Å². The van der Waals surface area contributed by atoms with Gasteiger partial charge in [0.05, 0.1) is 17.3 Å². The van der Waals surface area contributed by atoms with Gasteiger partial charge in [0.2, 0.25) is 5.91 Å². The lowest BCUT2D eigenvalue weighted by Crippen LogP contribution is -2.61. The van der Waals surface area contributed by atoms with Gasteiger partial charge in [0.1, 0.15) is 12.3 Å². The maximum absolute atomic E-state index is 14.2. The maximum Gasteiger partial charge on any atom is 0.240 e. The topological polar surface area (TPSA) is 65.9 Å². The molecule has 1 aliphatic carbocycles. The second-order valence-corrected chi connectivity index (χ2v) is 13.3. The summed E-state index contributed by atoms with van der Waals surface area (Å²) in [6, 6.07) is 10.6. The Morgan fingerprint density at radius 3 is 2.54 bits per heavy atom. The Labute approximate surface area is 247 Å². The molecule has 224 valence electrons. The van der Waals surface area contributed by atoms with Crippen LogP contribution in [-0.2, 0) is 29.0 Å². The summed E-state index contributed by atoms with van der Waals surface area (Å²) >= 11 is 0. The summed E-state index contributed by atoms with van der Waals surface area (Å²) in [4.78, 5) is 19.1. The van der Waals surface area contributed by atoms with E-state index in [0.29, 0.717) is 11.8 Å². The van der Waals surface area contributed by atoms with Crippen LogP contribution in [-0.4, -0.2) is 69.0 Å². The molecule has 1 aromatic carbocycles. The summed E-state index contributed by atoms with van der Waals surface area (Å²) in [5, 5.41) is 8.61. The second kappa shape index (κ2) is 12.6. The molecular weight excluding hydrogens is 510 g/mol. The zero-order valence-corrected chi connectivity index (χ0v) is 25.6. The molecule has 4 heterocycles. The largest absolute Gasteiger partial charge is 0.351 e.